The predicted octanol–water partition coefficient (Wildman–Crippen LogP) is 4.80. The van der Waals surface area contributed by atoms with Crippen molar-refractivity contribution in [2.45, 2.75) is 0 Å². The average molecular weight is 499 g/mol. The molecule has 0 fully saturated rings. The topological polar surface area (TPSA) is 105 Å². The van der Waals surface area contributed by atoms with Gasteiger partial charge in [-0.15, -0.1) is 11.3 Å². The van der Waals surface area contributed by atoms with E-state index in [0.717, 1.165) is 9.17 Å². The van der Waals surface area contributed by atoms with Crippen LogP contribution in [0.3, 0.4) is 0 Å². The molecule has 10 heteroatoms. The van der Waals surface area contributed by atoms with Crippen molar-refractivity contribution in [2.75, 3.05) is 0 Å². The van der Waals surface area contributed by atoms with Gasteiger partial charge < -0.3 is 5.11 Å². The van der Waals surface area contributed by atoms with Gasteiger partial charge in [0.1, 0.15) is 5.75 Å². The van der Waals surface area contributed by atoms with Crippen LogP contribution in [0.5, 0.6) is 5.75 Å². The molecule has 3 aromatic rings. The van der Waals surface area contributed by atoms with Crippen LogP contribution in [0.25, 0.3) is 10.1 Å². The average Bonchev–Trinajstić information content (AvgIpc) is 3.02. The first-order valence-corrected chi connectivity index (χ1v) is 9.45. The van der Waals surface area contributed by atoms with Gasteiger partial charge in [0.05, 0.1) is 20.5 Å². The Morgan fingerprint density at radius 3 is 2.77 bits per heavy atom. The molecule has 0 aliphatic rings. The van der Waals surface area contributed by atoms with E-state index in [0.29, 0.717) is 20.3 Å². The SMILES string of the molecule is O=C(NN=Cc1cc(Br)cc(Br)c1O)c1cc2cc([N+](=O)[O-])ccc2s1. The van der Waals surface area contributed by atoms with Crippen LogP contribution in [0.15, 0.2) is 50.4 Å². The van der Waals surface area contributed by atoms with Gasteiger partial charge in [-0.1, -0.05) is 15.9 Å². The molecule has 3 rings (SSSR count). The predicted molar refractivity (Wildman–Crippen MR) is 107 cm³/mol. The molecule has 0 aliphatic heterocycles. The number of amides is 1. The number of nitrogens with zero attached hydrogens (tertiary/aromatic N) is 2. The minimum Gasteiger partial charge on any atom is -0.506 e. The maximum atomic E-state index is 12.2. The van der Waals surface area contributed by atoms with E-state index in [1.54, 1.807) is 24.3 Å². The molecule has 0 saturated carbocycles. The Bertz CT molecular complexity index is 1070. The number of non-ortho nitro benzene ring substituents is 1. The van der Waals surface area contributed by atoms with Gasteiger partial charge in [0.2, 0.25) is 0 Å². The van der Waals surface area contributed by atoms with Crippen molar-refractivity contribution in [2.24, 2.45) is 5.10 Å². The van der Waals surface area contributed by atoms with Gasteiger partial charge >= 0.3 is 0 Å². The molecule has 0 bridgehead atoms. The first-order valence-electron chi connectivity index (χ1n) is 7.04. The maximum absolute atomic E-state index is 12.2. The Hall–Kier alpha value is -2.30. The van der Waals surface area contributed by atoms with Crippen molar-refractivity contribution in [3.8, 4) is 5.75 Å². The number of carbonyl (C=O) groups excluding carboxylic acids is 1. The van der Waals surface area contributed by atoms with Crippen LogP contribution in [-0.2, 0) is 0 Å². The van der Waals surface area contributed by atoms with E-state index in [2.05, 4.69) is 42.4 Å². The summed E-state index contributed by atoms with van der Waals surface area (Å²) in [6.45, 7) is 0. The summed E-state index contributed by atoms with van der Waals surface area (Å²) in [5.41, 5.74) is 2.76. The smallest absolute Gasteiger partial charge is 0.281 e. The Morgan fingerprint density at radius 1 is 1.27 bits per heavy atom. The Morgan fingerprint density at radius 2 is 2.04 bits per heavy atom. The summed E-state index contributed by atoms with van der Waals surface area (Å²) in [5.74, 6) is -0.445. The number of halogens is 2. The monoisotopic (exact) mass is 497 g/mol. The highest BCUT2D eigenvalue weighted by molar-refractivity contribution is 9.11. The van der Waals surface area contributed by atoms with Crippen molar-refractivity contribution >= 4 is 71.1 Å². The highest BCUT2D eigenvalue weighted by atomic mass is 79.9. The molecular formula is C16H9Br2N3O4S. The van der Waals surface area contributed by atoms with E-state index in [-0.39, 0.29) is 11.4 Å². The van der Waals surface area contributed by atoms with Crippen molar-refractivity contribution in [3.63, 3.8) is 0 Å². The van der Waals surface area contributed by atoms with Crippen LogP contribution in [0, 0.1) is 10.1 Å². The van der Waals surface area contributed by atoms with Gasteiger partial charge in [0, 0.05) is 32.3 Å². The number of nitrogens with one attached hydrogen (secondary N) is 1. The third-order valence-corrected chi connectivity index (χ3v) is 5.54. The zero-order valence-electron chi connectivity index (χ0n) is 12.8. The molecule has 0 unspecified atom stereocenters. The van der Waals surface area contributed by atoms with E-state index in [1.165, 1.54) is 29.7 Å². The van der Waals surface area contributed by atoms with Crippen LogP contribution in [0.1, 0.15) is 15.2 Å². The second-order valence-corrected chi connectivity index (χ2v) is 7.97. The summed E-state index contributed by atoms with van der Waals surface area (Å²) in [6.07, 6.45) is 1.32. The zero-order valence-corrected chi connectivity index (χ0v) is 16.8. The van der Waals surface area contributed by atoms with Gasteiger partial charge in [0.25, 0.3) is 11.6 Å². The summed E-state index contributed by atoms with van der Waals surface area (Å²) in [5, 5.41) is 25.2. The number of fused-ring (bicyclic) bond motifs is 1. The minimum absolute atomic E-state index is 0.000343. The second-order valence-electron chi connectivity index (χ2n) is 5.11. The lowest BCUT2D eigenvalue weighted by molar-refractivity contribution is -0.384. The number of phenols is 1. The molecule has 0 spiro atoms. The number of hydrazone groups is 1. The van der Waals surface area contributed by atoms with Crippen molar-refractivity contribution < 1.29 is 14.8 Å². The van der Waals surface area contributed by atoms with Gasteiger partial charge in [-0.25, -0.2) is 5.43 Å². The number of phenolic OH excluding ortho intramolecular Hbond substituents is 1. The molecule has 1 heterocycles. The van der Waals surface area contributed by atoms with Crippen LogP contribution >= 0.6 is 43.2 Å². The Labute approximate surface area is 167 Å². The van der Waals surface area contributed by atoms with Crippen LogP contribution in [0.4, 0.5) is 5.69 Å². The van der Waals surface area contributed by atoms with Gasteiger partial charge in [-0.3, -0.25) is 14.9 Å². The minimum atomic E-state index is -0.482. The molecule has 2 aromatic carbocycles. The third kappa shape index (κ3) is 3.92. The maximum Gasteiger partial charge on any atom is 0.281 e. The number of aromatic hydroxyl groups is 1. The van der Waals surface area contributed by atoms with E-state index in [9.17, 15) is 20.0 Å². The molecule has 7 nitrogen and oxygen atoms in total. The first-order chi connectivity index (χ1) is 12.3. The van der Waals surface area contributed by atoms with E-state index in [4.69, 9.17) is 0 Å². The highest BCUT2D eigenvalue weighted by Crippen LogP contribution is 2.31. The number of hydrogen-bond donors (Lipinski definition) is 2. The molecule has 1 amide bonds. The largest absolute Gasteiger partial charge is 0.506 e. The van der Waals surface area contributed by atoms with E-state index < -0.39 is 10.8 Å². The molecule has 0 saturated heterocycles. The zero-order chi connectivity index (χ0) is 18.8. The van der Waals surface area contributed by atoms with Crippen LogP contribution < -0.4 is 5.43 Å². The summed E-state index contributed by atoms with van der Waals surface area (Å²) < 4.78 is 1.99. The lowest BCUT2D eigenvalue weighted by Crippen LogP contribution is -2.16. The summed E-state index contributed by atoms with van der Waals surface area (Å²) in [7, 11) is 0. The Kier molecular flexibility index (Phi) is 5.35. The molecule has 0 radical (unpaired) electrons. The quantitative estimate of drug-likeness (QED) is 0.306. The van der Waals surface area contributed by atoms with Crippen molar-refractivity contribution in [3.05, 3.63) is 65.9 Å². The standard InChI is InChI=1S/C16H9Br2N3O4S/c17-10-3-9(15(22)12(18)6-10)7-19-20-16(23)14-5-8-4-11(21(24)25)1-2-13(8)26-14/h1-7,22H,(H,20,23). The normalized spacial score (nSPS) is 11.2. The number of thiophene rings is 1. The number of nitro benzene ring substituents is 1. The first kappa shape index (κ1) is 18.5. The number of rotatable bonds is 4. The summed E-state index contributed by atoms with van der Waals surface area (Å²) in [4.78, 5) is 22.9. The lowest BCUT2D eigenvalue weighted by Gasteiger charge is -2.02. The highest BCUT2D eigenvalue weighted by Gasteiger charge is 2.13. The fourth-order valence-electron chi connectivity index (χ4n) is 2.16. The lowest BCUT2D eigenvalue weighted by atomic mass is 10.2. The molecular weight excluding hydrogens is 490 g/mol. The second kappa shape index (κ2) is 7.52. The molecule has 1 aromatic heterocycles. The number of hydrogen-bond acceptors (Lipinski definition) is 6. The van der Waals surface area contributed by atoms with Gasteiger partial charge in [-0.2, -0.15) is 5.10 Å². The summed E-state index contributed by atoms with van der Waals surface area (Å²) in [6, 6.07) is 9.33. The summed E-state index contributed by atoms with van der Waals surface area (Å²) >= 11 is 7.73. The molecule has 132 valence electrons. The third-order valence-electron chi connectivity index (χ3n) is 3.36. The number of carbonyl (C=O) groups is 1. The van der Waals surface area contributed by atoms with E-state index >= 15 is 0 Å². The molecule has 26 heavy (non-hydrogen) atoms. The van der Waals surface area contributed by atoms with Crippen molar-refractivity contribution in [1.29, 1.82) is 0 Å². The van der Waals surface area contributed by atoms with Crippen LogP contribution in [0.2, 0.25) is 0 Å². The Balaban J connectivity index is 1.78. The number of nitro groups is 1. The fourth-order valence-corrected chi connectivity index (χ4v) is 4.35. The van der Waals surface area contributed by atoms with Gasteiger partial charge in [-0.05, 0) is 40.2 Å². The fraction of sp³-hybridized carbons (Fsp3) is 0. The van der Waals surface area contributed by atoms with E-state index in [1.807, 2.05) is 0 Å². The molecule has 2 N–H and O–H groups in total. The molecule has 0 atom stereocenters. The molecule has 0 aliphatic carbocycles. The van der Waals surface area contributed by atoms with Gasteiger partial charge in [0.15, 0.2) is 0 Å². The number of benzene rings is 2. The van der Waals surface area contributed by atoms with Crippen LogP contribution in [-0.4, -0.2) is 22.2 Å². The van der Waals surface area contributed by atoms with Crippen molar-refractivity contribution in [1.82, 2.24) is 5.43 Å².